The maximum Gasteiger partial charge on any atom is 0.330 e. The van der Waals surface area contributed by atoms with E-state index in [-0.39, 0.29) is 16.6 Å². The number of hydrogen-bond donors (Lipinski definition) is 1. The average molecular weight is 304 g/mol. The van der Waals surface area contributed by atoms with Gasteiger partial charge in [0, 0.05) is 17.2 Å². The fourth-order valence-electron chi connectivity index (χ4n) is 2.14. The van der Waals surface area contributed by atoms with Gasteiger partial charge in [-0.25, -0.2) is 4.79 Å². The second-order valence-corrected chi connectivity index (χ2v) is 7.55. The molecule has 0 heterocycles. The third kappa shape index (κ3) is 4.62. The average Bonchev–Trinajstić information content (AvgIpc) is 2.35. The minimum absolute atomic E-state index is 0.0415. The molecule has 1 aromatic rings. The van der Waals surface area contributed by atoms with Crippen molar-refractivity contribution in [2.45, 2.75) is 59.3 Å². The van der Waals surface area contributed by atoms with Crippen LogP contribution in [0.3, 0.4) is 0 Å². The summed E-state index contributed by atoms with van der Waals surface area (Å²) >= 11 is 0. The van der Waals surface area contributed by atoms with Crippen LogP contribution in [0.15, 0.2) is 18.2 Å². The topological polar surface area (TPSA) is 46.5 Å². The van der Waals surface area contributed by atoms with Gasteiger partial charge in [0.15, 0.2) is 0 Å². The second kappa shape index (κ2) is 6.55. The van der Waals surface area contributed by atoms with Crippen LogP contribution < -0.4 is 0 Å². The van der Waals surface area contributed by atoms with Crippen molar-refractivity contribution in [3.8, 4) is 5.75 Å². The Hall–Kier alpha value is -1.77. The summed E-state index contributed by atoms with van der Waals surface area (Å²) in [6.45, 7) is 14.7. The van der Waals surface area contributed by atoms with Crippen molar-refractivity contribution < 1.29 is 14.6 Å². The Balaban J connectivity index is 3.41. The van der Waals surface area contributed by atoms with Crippen LogP contribution in [-0.4, -0.2) is 17.7 Å². The van der Waals surface area contributed by atoms with Gasteiger partial charge < -0.3 is 9.84 Å². The number of carbonyl (C=O) groups is 1. The van der Waals surface area contributed by atoms with Gasteiger partial charge in [0.05, 0.1) is 6.61 Å². The number of rotatable bonds is 3. The van der Waals surface area contributed by atoms with Crippen molar-refractivity contribution in [3.63, 3.8) is 0 Å². The molecule has 22 heavy (non-hydrogen) atoms. The van der Waals surface area contributed by atoms with E-state index in [0.29, 0.717) is 12.2 Å². The lowest BCUT2D eigenvalue weighted by Gasteiger charge is -2.27. The van der Waals surface area contributed by atoms with Crippen LogP contribution in [0.5, 0.6) is 5.75 Å². The van der Waals surface area contributed by atoms with Crippen molar-refractivity contribution in [2.24, 2.45) is 0 Å². The van der Waals surface area contributed by atoms with E-state index in [0.717, 1.165) is 11.1 Å². The standard InChI is InChI=1S/C19H28O3/c1-8-22-16(20)10-9-13-11-14(18(2,3)4)12-15(17(13)21)19(5,6)7/h9-12,21H,8H2,1-7H3/b10-9+. The number of esters is 1. The maximum atomic E-state index is 11.5. The van der Waals surface area contributed by atoms with Gasteiger partial charge in [0.1, 0.15) is 5.75 Å². The smallest absolute Gasteiger partial charge is 0.330 e. The highest BCUT2D eigenvalue weighted by Gasteiger charge is 2.24. The zero-order chi connectivity index (χ0) is 17.1. The number of ether oxygens (including phenoxy) is 1. The van der Waals surface area contributed by atoms with E-state index in [4.69, 9.17) is 4.74 Å². The van der Waals surface area contributed by atoms with Crippen LogP contribution in [0, 0.1) is 0 Å². The van der Waals surface area contributed by atoms with Crippen molar-refractivity contribution in [1.29, 1.82) is 0 Å². The number of hydrogen-bond acceptors (Lipinski definition) is 3. The monoisotopic (exact) mass is 304 g/mol. The molecule has 3 heteroatoms. The van der Waals surface area contributed by atoms with E-state index in [1.165, 1.54) is 6.08 Å². The molecule has 0 unspecified atom stereocenters. The number of benzene rings is 1. The van der Waals surface area contributed by atoms with Gasteiger partial charge >= 0.3 is 5.97 Å². The van der Waals surface area contributed by atoms with E-state index >= 15 is 0 Å². The summed E-state index contributed by atoms with van der Waals surface area (Å²) in [5.41, 5.74) is 2.42. The Kier molecular flexibility index (Phi) is 5.44. The summed E-state index contributed by atoms with van der Waals surface area (Å²) in [5.74, 6) is -0.179. The van der Waals surface area contributed by atoms with Crippen LogP contribution in [0.4, 0.5) is 0 Å². The Morgan fingerprint density at radius 2 is 1.73 bits per heavy atom. The minimum atomic E-state index is -0.402. The summed E-state index contributed by atoms with van der Waals surface area (Å²) < 4.78 is 4.89. The predicted octanol–water partition coefficient (Wildman–Crippen LogP) is 4.56. The molecule has 1 rings (SSSR count). The van der Waals surface area contributed by atoms with Gasteiger partial charge in [-0.2, -0.15) is 0 Å². The largest absolute Gasteiger partial charge is 0.507 e. The third-order valence-electron chi connectivity index (χ3n) is 3.50. The summed E-state index contributed by atoms with van der Waals surface area (Å²) in [6.07, 6.45) is 2.98. The molecule has 1 N–H and O–H groups in total. The molecular formula is C19H28O3. The molecule has 0 amide bonds. The summed E-state index contributed by atoms with van der Waals surface area (Å²) in [5, 5.41) is 10.6. The molecule has 0 fully saturated rings. The molecule has 0 spiro atoms. The first kappa shape index (κ1) is 18.3. The van der Waals surface area contributed by atoms with Crippen molar-refractivity contribution in [3.05, 3.63) is 34.9 Å². The number of aromatic hydroxyl groups is 1. The molecule has 0 aliphatic carbocycles. The molecular weight excluding hydrogens is 276 g/mol. The highest BCUT2D eigenvalue weighted by Crippen LogP contribution is 2.38. The fourth-order valence-corrected chi connectivity index (χ4v) is 2.14. The van der Waals surface area contributed by atoms with E-state index in [1.807, 2.05) is 6.07 Å². The summed E-state index contributed by atoms with van der Waals surface area (Å²) in [7, 11) is 0. The molecule has 0 saturated heterocycles. The molecule has 0 aliphatic rings. The van der Waals surface area contributed by atoms with Gasteiger partial charge in [0.25, 0.3) is 0 Å². The van der Waals surface area contributed by atoms with Crippen LogP contribution in [-0.2, 0) is 20.4 Å². The van der Waals surface area contributed by atoms with Gasteiger partial charge in [-0.15, -0.1) is 0 Å². The lowest BCUT2D eigenvalue weighted by atomic mass is 9.79. The number of carbonyl (C=O) groups excluding carboxylic acids is 1. The zero-order valence-electron chi connectivity index (χ0n) is 14.8. The van der Waals surface area contributed by atoms with E-state index < -0.39 is 5.97 Å². The molecule has 1 aromatic carbocycles. The Morgan fingerprint density at radius 1 is 1.14 bits per heavy atom. The SMILES string of the molecule is CCOC(=O)/C=C/c1cc(C(C)(C)C)cc(C(C)(C)C)c1O. The van der Waals surface area contributed by atoms with Gasteiger partial charge in [-0.1, -0.05) is 47.6 Å². The lowest BCUT2D eigenvalue weighted by Crippen LogP contribution is -2.17. The minimum Gasteiger partial charge on any atom is -0.507 e. The van der Waals surface area contributed by atoms with Crippen LogP contribution in [0.2, 0.25) is 0 Å². The Bertz CT molecular complexity index is 570. The molecule has 0 bridgehead atoms. The van der Waals surface area contributed by atoms with Gasteiger partial charge in [-0.3, -0.25) is 0 Å². The predicted molar refractivity (Wildman–Crippen MR) is 91.2 cm³/mol. The zero-order valence-corrected chi connectivity index (χ0v) is 14.8. The highest BCUT2D eigenvalue weighted by atomic mass is 16.5. The van der Waals surface area contributed by atoms with Crippen molar-refractivity contribution in [1.82, 2.24) is 0 Å². The highest BCUT2D eigenvalue weighted by molar-refractivity contribution is 5.87. The number of phenols is 1. The quantitative estimate of drug-likeness (QED) is 0.657. The number of phenolic OH excluding ortho intramolecular Hbond substituents is 1. The summed E-state index contributed by atoms with van der Waals surface area (Å²) in [6, 6.07) is 3.98. The fraction of sp³-hybridized carbons (Fsp3) is 0.526. The first-order valence-corrected chi connectivity index (χ1v) is 7.69. The molecule has 0 saturated carbocycles. The maximum absolute atomic E-state index is 11.5. The van der Waals surface area contributed by atoms with Crippen molar-refractivity contribution in [2.75, 3.05) is 6.61 Å². The van der Waals surface area contributed by atoms with Gasteiger partial charge in [-0.05, 0) is 35.5 Å². The molecule has 0 atom stereocenters. The van der Waals surface area contributed by atoms with Crippen LogP contribution >= 0.6 is 0 Å². The first-order valence-electron chi connectivity index (χ1n) is 7.69. The molecule has 0 radical (unpaired) electrons. The van der Waals surface area contributed by atoms with E-state index in [2.05, 4.69) is 47.6 Å². The third-order valence-corrected chi connectivity index (χ3v) is 3.50. The summed E-state index contributed by atoms with van der Waals surface area (Å²) in [4.78, 5) is 11.5. The Morgan fingerprint density at radius 3 is 2.18 bits per heavy atom. The van der Waals surface area contributed by atoms with Crippen LogP contribution in [0.1, 0.15) is 65.2 Å². The normalized spacial score (nSPS) is 12.7. The molecule has 0 aliphatic heterocycles. The molecule has 3 nitrogen and oxygen atoms in total. The Labute approximate surface area is 134 Å². The first-order chi connectivity index (χ1) is 9.96. The van der Waals surface area contributed by atoms with E-state index in [9.17, 15) is 9.90 Å². The molecule has 122 valence electrons. The van der Waals surface area contributed by atoms with Crippen LogP contribution in [0.25, 0.3) is 6.08 Å². The van der Waals surface area contributed by atoms with E-state index in [1.54, 1.807) is 13.0 Å². The molecule has 0 aromatic heterocycles. The van der Waals surface area contributed by atoms with Crippen molar-refractivity contribution >= 4 is 12.0 Å². The lowest BCUT2D eigenvalue weighted by molar-refractivity contribution is -0.137. The second-order valence-electron chi connectivity index (χ2n) is 7.55. The van der Waals surface area contributed by atoms with Gasteiger partial charge in [0.2, 0.25) is 0 Å².